The molecule has 0 aliphatic heterocycles. The lowest BCUT2D eigenvalue weighted by molar-refractivity contribution is 0.0952. The highest BCUT2D eigenvalue weighted by atomic mass is 35.5. The van der Waals surface area contributed by atoms with Crippen LogP contribution in [0.15, 0.2) is 18.2 Å². The van der Waals surface area contributed by atoms with Crippen molar-refractivity contribution in [2.24, 2.45) is 5.73 Å². The van der Waals surface area contributed by atoms with Gasteiger partial charge in [-0.3, -0.25) is 4.79 Å². The Labute approximate surface area is 119 Å². The minimum absolute atomic E-state index is 0. The molecule has 1 amide bonds. The molecule has 0 fully saturated rings. The van der Waals surface area contributed by atoms with E-state index in [1.54, 1.807) is 25.3 Å². The highest BCUT2D eigenvalue weighted by Crippen LogP contribution is 2.27. The van der Waals surface area contributed by atoms with Crippen LogP contribution in [0.2, 0.25) is 0 Å². The van der Waals surface area contributed by atoms with E-state index < -0.39 is 0 Å². The van der Waals surface area contributed by atoms with E-state index >= 15 is 0 Å². The molecule has 3 N–H and O–H groups in total. The van der Waals surface area contributed by atoms with E-state index in [0.29, 0.717) is 23.6 Å². The van der Waals surface area contributed by atoms with Gasteiger partial charge in [0, 0.05) is 18.2 Å². The third-order valence-electron chi connectivity index (χ3n) is 2.53. The predicted octanol–water partition coefficient (Wildman–Crippen LogP) is 1.59. The summed E-state index contributed by atoms with van der Waals surface area (Å²) in [5.74, 6) is 0.999. The fourth-order valence-corrected chi connectivity index (χ4v) is 1.49. The van der Waals surface area contributed by atoms with Crippen LogP contribution in [-0.4, -0.2) is 32.7 Å². The highest BCUT2D eigenvalue weighted by Gasteiger charge is 2.10. The number of methoxy groups -OCH3 is 2. The number of nitrogens with two attached hydrogens (primary N) is 1. The van der Waals surface area contributed by atoms with E-state index in [9.17, 15) is 4.79 Å². The molecule has 0 heterocycles. The van der Waals surface area contributed by atoms with Crippen LogP contribution >= 0.6 is 12.4 Å². The number of hydrogen-bond donors (Lipinski definition) is 2. The van der Waals surface area contributed by atoms with Crippen molar-refractivity contribution < 1.29 is 14.3 Å². The molecule has 0 radical (unpaired) electrons. The highest BCUT2D eigenvalue weighted by molar-refractivity contribution is 5.94. The summed E-state index contributed by atoms with van der Waals surface area (Å²) in [5, 5.41) is 2.80. The molecule has 1 rings (SSSR count). The van der Waals surface area contributed by atoms with Gasteiger partial charge in [-0.2, -0.15) is 0 Å². The van der Waals surface area contributed by atoms with Crippen molar-refractivity contribution in [2.75, 3.05) is 20.8 Å². The molecule has 6 heteroatoms. The molecule has 1 atom stereocenters. The van der Waals surface area contributed by atoms with Gasteiger partial charge in [0.2, 0.25) is 0 Å². The predicted molar refractivity (Wildman–Crippen MR) is 77.4 cm³/mol. The molecule has 0 aliphatic rings. The molecule has 0 aliphatic carbocycles. The van der Waals surface area contributed by atoms with Crippen LogP contribution in [0.1, 0.15) is 23.7 Å². The van der Waals surface area contributed by atoms with Crippen LogP contribution in [0.3, 0.4) is 0 Å². The van der Waals surface area contributed by atoms with Gasteiger partial charge in [-0.05, 0) is 31.5 Å². The molecule has 1 aromatic carbocycles. The number of benzene rings is 1. The summed E-state index contributed by atoms with van der Waals surface area (Å²) in [6.45, 7) is 2.47. The first kappa shape index (κ1) is 17.5. The van der Waals surface area contributed by atoms with Crippen molar-refractivity contribution in [1.29, 1.82) is 0 Å². The van der Waals surface area contributed by atoms with Crippen molar-refractivity contribution in [2.45, 2.75) is 19.4 Å². The second-order valence-electron chi connectivity index (χ2n) is 4.09. The zero-order chi connectivity index (χ0) is 13.5. The fourth-order valence-electron chi connectivity index (χ4n) is 1.49. The molecule has 0 bridgehead atoms. The zero-order valence-electron chi connectivity index (χ0n) is 11.4. The molecule has 108 valence electrons. The smallest absolute Gasteiger partial charge is 0.251 e. The number of rotatable bonds is 6. The molecule has 5 nitrogen and oxygen atoms in total. The van der Waals surface area contributed by atoms with Gasteiger partial charge < -0.3 is 20.5 Å². The Morgan fingerprint density at radius 2 is 1.95 bits per heavy atom. The van der Waals surface area contributed by atoms with Gasteiger partial charge in [-0.1, -0.05) is 0 Å². The van der Waals surface area contributed by atoms with E-state index in [0.717, 1.165) is 6.42 Å². The van der Waals surface area contributed by atoms with Gasteiger partial charge in [0.25, 0.3) is 5.91 Å². The summed E-state index contributed by atoms with van der Waals surface area (Å²) in [7, 11) is 3.09. The first-order valence-electron chi connectivity index (χ1n) is 5.84. The monoisotopic (exact) mass is 288 g/mol. The Morgan fingerprint density at radius 3 is 2.47 bits per heavy atom. The molecule has 0 spiro atoms. The van der Waals surface area contributed by atoms with Crippen molar-refractivity contribution >= 4 is 18.3 Å². The Morgan fingerprint density at radius 1 is 1.32 bits per heavy atom. The Kier molecular flexibility index (Phi) is 7.95. The van der Waals surface area contributed by atoms with E-state index in [4.69, 9.17) is 15.2 Å². The van der Waals surface area contributed by atoms with Crippen molar-refractivity contribution in [1.82, 2.24) is 5.32 Å². The first-order valence-corrected chi connectivity index (χ1v) is 5.84. The molecule has 1 aromatic rings. The number of carbonyl (C=O) groups is 1. The summed E-state index contributed by atoms with van der Waals surface area (Å²) in [4.78, 5) is 11.8. The van der Waals surface area contributed by atoms with E-state index in [2.05, 4.69) is 5.32 Å². The van der Waals surface area contributed by atoms with Crippen molar-refractivity contribution in [3.8, 4) is 11.5 Å². The lowest BCUT2D eigenvalue weighted by Gasteiger charge is -2.10. The summed E-state index contributed by atoms with van der Waals surface area (Å²) in [5.41, 5.74) is 6.15. The SMILES string of the molecule is COc1ccc(C(=O)NCCC(C)N)cc1OC.Cl. The normalized spacial score (nSPS) is 11.2. The second-order valence-corrected chi connectivity index (χ2v) is 4.09. The maximum atomic E-state index is 11.8. The topological polar surface area (TPSA) is 73.6 Å². The standard InChI is InChI=1S/C13H20N2O3.ClH/c1-9(14)6-7-15-13(16)10-4-5-11(17-2)12(8-10)18-3;/h4-5,8-9H,6-7,14H2,1-3H3,(H,15,16);1H. The molecular weight excluding hydrogens is 268 g/mol. The minimum Gasteiger partial charge on any atom is -0.493 e. The second kappa shape index (κ2) is 8.61. The van der Waals surface area contributed by atoms with Gasteiger partial charge in [0.05, 0.1) is 14.2 Å². The lowest BCUT2D eigenvalue weighted by Crippen LogP contribution is -2.28. The van der Waals surface area contributed by atoms with Gasteiger partial charge in [0.1, 0.15) is 0 Å². The molecule has 1 unspecified atom stereocenters. The Balaban J connectivity index is 0.00000324. The molecule has 19 heavy (non-hydrogen) atoms. The van der Waals surface area contributed by atoms with Crippen LogP contribution in [0.5, 0.6) is 11.5 Å². The van der Waals surface area contributed by atoms with E-state index in [-0.39, 0.29) is 24.4 Å². The van der Waals surface area contributed by atoms with Crippen LogP contribution in [0, 0.1) is 0 Å². The number of halogens is 1. The third-order valence-corrected chi connectivity index (χ3v) is 2.53. The van der Waals surface area contributed by atoms with Gasteiger partial charge in [-0.25, -0.2) is 0 Å². The number of ether oxygens (including phenoxy) is 2. The van der Waals surface area contributed by atoms with Crippen molar-refractivity contribution in [3.05, 3.63) is 23.8 Å². The van der Waals surface area contributed by atoms with Crippen LogP contribution < -0.4 is 20.5 Å². The average molecular weight is 289 g/mol. The first-order chi connectivity index (χ1) is 8.58. The Bertz CT molecular complexity index is 411. The van der Waals surface area contributed by atoms with Crippen LogP contribution in [0.25, 0.3) is 0 Å². The van der Waals surface area contributed by atoms with Gasteiger partial charge in [0.15, 0.2) is 11.5 Å². The molecular formula is C13H21ClN2O3. The van der Waals surface area contributed by atoms with E-state index in [1.807, 2.05) is 6.92 Å². The number of nitrogens with one attached hydrogen (secondary N) is 1. The summed E-state index contributed by atoms with van der Waals surface area (Å²) < 4.78 is 10.3. The van der Waals surface area contributed by atoms with Gasteiger partial charge in [-0.15, -0.1) is 12.4 Å². The minimum atomic E-state index is -0.142. The molecule has 0 saturated carbocycles. The number of hydrogen-bond acceptors (Lipinski definition) is 4. The third kappa shape index (κ3) is 5.36. The maximum Gasteiger partial charge on any atom is 0.251 e. The van der Waals surface area contributed by atoms with Gasteiger partial charge >= 0.3 is 0 Å². The van der Waals surface area contributed by atoms with E-state index in [1.165, 1.54) is 7.11 Å². The van der Waals surface area contributed by atoms with Crippen molar-refractivity contribution in [3.63, 3.8) is 0 Å². The maximum absolute atomic E-state index is 11.8. The quantitative estimate of drug-likeness (QED) is 0.834. The summed E-state index contributed by atoms with van der Waals surface area (Å²) in [6.07, 6.45) is 0.749. The average Bonchev–Trinajstić information content (AvgIpc) is 2.37. The number of carbonyl (C=O) groups excluding carboxylic acids is 1. The largest absolute Gasteiger partial charge is 0.493 e. The zero-order valence-corrected chi connectivity index (χ0v) is 12.3. The summed E-state index contributed by atoms with van der Waals surface area (Å²) >= 11 is 0. The van der Waals surface area contributed by atoms with Crippen LogP contribution in [-0.2, 0) is 0 Å². The lowest BCUT2D eigenvalue weighted by atomic mass is 10.2. The Hall–Kier alpha value is -1.46. The summed E-state index contributed by atoms with van der Waals surface area (Å²) in [6, 6.07) is 5.14. The number of amides is 1. The van der Waals surface area contributed by atoms with Crippen LogP contribution in [0.4, 0.5) is 0 Å². The fraction of sp³-hybridized carbons (Fsp3) is 0.462. The molecule has 0 saturated heterocycles. The molecule has 0 aromatic heterocycles.